The number of hydrogen-bond donors (Lipinski definition) is 1. The molecule has 0 radical (unpaired) electrons. The maximum absolute atomic E-state index is 12.7. The van der Waals surface area contributed by atoms with E-state index in [-0.39, 0.29) is 16.7 Å². The molecule has 0 fully saturated rings. The summed E-state index contributed by atoms with van der Waals surface area (Å²) in [7, 11) is 0. The number of alkyl halides is 3. The maximum Gasteiger partial charge on any atom is 0.433 e. The van der Waals surface area contributed by atoms with Gasteiger partial charge in [0.2, 0.25) is 0 Å². The highest BCUT2D eigenvalue weighted by atomic mass is 35.5. The number of nitrogens with one attached hydrogen (secondary N) is 1. The smallest absolute Gasteiger partial charge is 0.338 e. The van der Waals surface area contributed by atoms with Gasteiger partial charge in [-0.15, -0.1) is 0 Å². The molecule has 0 atom stereocenters. The molecule has 0 bridgehead atoms. The predicted molar refractivity (Wildman–Crippen MR) is 74.9 cm³/mol. The van der Waals surface area contributed by atoms with Gasteiger partial charge in [-0.2, -0.15) is 13.2 Å². The van der Waals surface area contributed by atoms with E-state index in [2.05, 4.69) is 25.3 Å². The van der Waals surface area contributed by atoms with Crippen LogP contribution in [0.4, 0.5) is 24.7 Å². The second kappa shape index (κ2) is 5.38. The molecule has 112 valence electrons. The number of rotatable bonds is 2. The third-order valence-electron chi connectivity index (χ3n) is 2.76. The summed E-state index contributed by atoms with van der Waals surface area (Å²) in [6, 6.07) is 5.49. The van der Waals surface area contributed by atoms with Crippen LogP contribution in [0.2, 0.25) is 5.15 Å². The van der Waals surface area contributed by atoms with Gasteiger partial charge in [0.1, 0.15) is 22.7 Å². The van der Waals surface area contributed by atoms with Crippen LogP contribution in [0.1, 0.15) is 5.69 Å². The molecule has 1 N–H and O–H groups in total. The quantitative estimate of drug-likeness (QED) is 0.725. The Balaban J connectivity index is 2.02. The van der Waals surface area contributed by atoms with Crippen molar-refractivity contribution in [1.29, 1.82) is 0 Å². The fraction of sp³-hybridized carbons (Fsp3) is 0.0769. The molecule has 22 heavy (non-hydrogen) atoms. The number of anilines is 2. The zero-order chi connectivity index (χ0) is 15.7. The van der Waals surface area contributed by atoms with Crippen molar-refractivity contribution in [2.45, 2.75) is 6.18 Å². The van der Waals surface area contributed by atoms with E-state index in [1.54, 1.807) is 12.1 Å². The minimum absolute atomic E-state index is 0.184. The van der Waals surface area contributed by atoms with Gasteiger partial charge in [-0.3, -0.25) is 4.98 Å². The number of nitrogens with zero attached hydrogens (tertiary/aromatic N) is 4. The third-order valence-corrected chi connectivity index (χ3v) is 2.97. The number of halogens is 4. The Labute approximate surface area is 127 Å². The first-order valence-electron chi connectivity index (χ1n) is 6.01. The van der Waals surface area contributed by atoms with Gasteiger partial charge >= 0.3 is 6.18 Å². The minimum atomic E-state index is -4.52. The molecule has 3 aromatic rings. The lowest BCUT2D eigenvalue weighted by Crippen LogP contribution is -2.08. The Morgan fingerprint density at radius 3 is 2.64 bits per heavy atom. The fourth-order valence-electron chi connectivity index (χ4n) is 1.81. The van der Waals surface area contributed by atoms with Gasteiger partial charge in [0.25, 0.3) is 0 Å². The molecule has 3 rings (SSSR count). The van der Waals surface area contributed by atoms with Crippen molar-refractivity contribution >= 4 is 34.1 Å². The lowest BCUT2D eigenvalue weighted by Gasteiger charge is -2.10. The van der Waals surface area contributed by atoms with E-state index < -0.39 is 11.9 Å². The maximum atomic E-state index is 12.7. The summed E-state index contributed by atoms with van der Waals surface area (Å²) in [4.78, 5) is 15.4. The van der Waals surface area contributed by atoms with Crippen LogP contribution in [-0.2, 0) is 6.18 Å². The molecule has 0 spiro atoms. The summed E-state index contributed by atoms with van der Waals surface area (Å²) in [6.45, 7) is 0. The monoisotopic (exact) mass is 325 g/mol. The lowest BCUT2D eigenvalue weighted by atomic mass is 10.3. The largest absolute Gasteiger partial charge is 0.433 e. The Kier molecular flexibility index (Phi) is 3.53. The summed E-state index contributed by atoms with van der Waals surface area (Å²) in [5.41, 5.74) is 0.0679. The molecule has 9 heteroatoms. The molecule has 0 aromatic carbocycles. The van der Waals surface area contributed by atoms with Crippen molar-refractivity contribution in [3.05, 3.63) is 47.6 Å². The highest BCUT2D eigenvalue weighted by molar-refractivity contribution is 6.29. The standard InChI is InChI=1S/C13H7ClF3N5/c14-10-2-1-8-11(22-10)12(20-6-19-8)21-7-3-4-18-9(5-7)13(15,16)17/h1-6H,(H,18,19,20,21). The average molecular weight is 326 g/mol. The van der Waals surface area contributed by atoms with Crippen LogP contribution < -0.4 is 5.32 Å². The Hall–Kier alpha value is -2.48. The second-order valence-electron chi connectivity index (χ2n) is 4.28. The zero-order valence-electron chi connectivity index (χ0n) is 10.8. The summed E-state index contributed by atoms with van der Waals surface area (Å²) in [5.74, 6) is 0.256. The Morgan fingerprint density at radius 2 is 1.86 bits per heavy atom. The minimum Gasteiger partial charge on any atom is -0.338 e. The topological polar surface area (TPSA) is 63.6 Å². The summed E-state index contributed by atoms with van der Waals surface area (Å²) >= 11 is 5.83. The lowest BCUT2D eigenvalue weighted by molar-refractivity contribution is -0.141. The average Bonchev–Trinajstić information content (AvgIpc) is 2.47. The molecular formula is C13H7ClF3N5. The summed E-state index contributed by atoms with van der Waals surface area (Å²) in [6.07, 6.45) is -2.17. The van der Waals surface area contributed by atoms with Gasteiger partial charge in [0.15, 0.2) is 5.82 Å². The second-order valence-corrected chi connectivity index (χ2v) is 4.66. The van der Waals surface area contributed by atoms with Gasteiger partial charge in [0, 0.05) is 11.9 Å². The third kappa shape index (κ3) is 2.91. The Morgan fingerprint density at radius 1 is 1.05 bits per heavy atom. The van der Waals surface area contributed by atoms with Crippen LogP contribution >= 0.6 is 11.6 Å². The van der Waals surface area contributed by atoms with Crippen LogP contribution in [0.5, 0.6) is 0 Å². The predicted octanol–water partition coefficient (Wildman–Crippen LogP) is 3.84. The van der Waals surface area contributed by atoms with Crippen LogP contribution in [0, 0.1) is 0 Å². The van der Waals surface area contributed by atoms with Crippen molar-refractivity contribution in [2.75, 3.05) is 5.32 Å². The van der Waals surface area contributed by atoms with Crippen molar-refractivity contribution in [3.8, 4) is 0 Å². The van der Waals surface area contributed by atoms with Crippen LogP contribution in [0.25, 0.3) is 11.0 Å². The molecular weight excluding hydrogens is 319 g/mol. The van der Waals surface area contributed by atoms with Crippen molar-refractivity contribution in [2.24, 2.45) is 0 Å². The Bertz CT molecular complexity index is 837. The molecule has 0 aliphatic carbocycles. The molecule has 0 aliphatic rings. The van der Waals surface area contributed by atoms with E-state index in [1.807, 2.05) is 0 Å². The van der Waals surface area contributed by atoms with Gasteiger partial charge in [-0.1, -0.05) is 11.6 Å². The first-order valence-corrected chi connectivity index (χ1v) is 6.39. The van der Waals surface area contributed by atoms with Crippen molar-refractivity contribution < 1.29 is 13.2 Å². The zero-order valence-corrected chi connectivity index (χ0v) is 11.5. The number of aromatic nitrogens is 4. The first kappa shape index (κ1) is 14.5. The molecule has 5 nitrogen and oxygen atoms in total. The fourth-order valence-corrected chi connectivity index (χ4v) is 1.96. The molecule has 0 saturated carbocycles. The van der Waals surface area contributed by atoms with Crippen molar-refractivity contribution in [3.63, 3.8) is 0 Å². The van der Waals surface area contributed by atoms with Crippen LogP contribution in [0.3, 0.4) is 0 Å². The van der Waals surface area contributed by atoms with Crippen molar-refractivity contribution in [1.82, 2.24) is 19.9 Å². The number of hydrogen-bond acceptors (Lipinski definition) is 5. The first-order chi connectivity index (χ1) is 10.4. The normalized spacial score (nSPS) is 11.6. The van der Waals surface area contributed by atoms with E-state index in [1.165, 1.54) is 12.4 Å². The molecule has 0 saturated heterocycles. The van der Waals surface area contributed by atoms with E-state index in [0.717, 1.165) is 12.3 Å². The van der Waals surface area contributed by atoms with Gasteiger partial charge in [-0.25, -0.2) is 15.0 Å². The van der Waals surface area contributed by atoms with E-state index in [0.29, 0.717) is 11.0 Å². The number of fused-ring (bicyclic) bond motifs is 1. The van der Waals surface area contributed by atoms with E-state index >= 15 is 0 Å². The molecule has 3 aromatic heterocycles. The SMILES string of the molecule is FC(F)(F)c1cc(Nc2ncnc3ccc(Cl)nc23)ccn1. The highest BCUT2D eigenvalue weighted by Gasteiger charge is 2.32. The highest BCUT2D eigenvalue weighted by Crippen LogP contribution is 2.30. The summed E-state index contributed by atoms with van der Waals surface area (Å²) < 4.78 is 38.0. The molecule has 0 amide bonds. The van der Waals surface area contributed by atoms with E-state index in [9.17, 15) is 13.2 Å². The van der Waals surface area contributed by atoms with E-state index in [4.69, 9.17) is 11.6 Å². The number of pyridine rings is 2. The van der Waals surface area contributed by atoms with Gasteiger partial charge in [0.05, 0.1) is 5.52 Å². The summed E-state index contributed by atoms with van der Waals surface area (Å²) in [5, 5.41) is 3.01. The molecule has 0 aliphatic heterocycles. The van der Waals surface area contributed by atoms with Crippen LogP contribution in [0.15, 0.2) is 36.8 Å². The molecule has 0 unspecified atom stereocenters. The van der Waals surface area contributed by atoms with Gasteiger partial charge in [-0.05, 0) is 24.3 Å². The molecule has 3 heterocycles. The van der Waals surface area contributed by atoms with Crippen LogP contribution in [-0.4, -0.2) is 19.9 Å². The van der Waals surface area contributed by atoms with Gasteiger partial charge < -0.3 is 5.32 Å².